The van der Waals surface area contributed by atoms with E-state index in [2.05, 4.69) is 20.8 Å². The Balaban J connectivity index is 1.49. The molecule has 0 unspecified atom stereocenters. The van der Waals surface area contributed by atoms with Gasteiger partial charge in [0.1, 0.15) is 0 Å². The number of carbonyl (C=O) groups excluding carboxylic acids is 2. The maximum atomic E-state index is 12.2. The van der Waals surface area contributed by atoms with Crippen LogP contribution >= 0.6 is 11.8 Å². The number of hydrogen-bond acceptors (Lipinski definition) is 7. The third kappa shape index (κ3) is 6.84. The van der Waals surface area contributed by atoms with E-state index >= 15 is 0 Å². The van der Waals surface area contributed by atoms with Gasteiger partial charge in [-0.3, -0.25) is 9.59 Å². The molecular weight excluding hydrogens is 442 g/mol. The van der Waals surface area contributed by atoms with E-state index < -0.39 is 0 Å². The summed E-state index contributed by atoms with van der Waals surface area (Å²) in [7, 11) is 4.91. The highest BCUT2D eigenvalue weighted by atomic mass is 32.2. The molecule has 0 atom stereocenters. The molecule has 0 spiro atoms. The summed E-state index contributed by atoms with van der Waals surface area (Å²) in [5.41, 5.74) is 1.54. The number of rotatable bonds is 10. The van der Waals surface area contributed by atoms with Crippen molar-refractivity contribution in [2.75, 3.05) is 25.3 Å². The summed E-state index contributed by atoms with van der Waals surface area (Å²) in [6, 6.07) is 14.6. The molecule has 172 valence electrons. The zero-order valence-corrected chi connectivity index (χ0v) is 19.4. The molecule has 2 aromatic carbocycles. The van der Waals surface area contributed by atoms with Gasteiger partial charge in [0.2, 0.25) is 11.8 Å². The molecule has 0 fully saturated rings. The number of nitrogens with zero attached hydrogens (tertiary/aromatic N) is 3. The lowest BCUT2D eigenvalue weighted by Gasteiger charge is -2.07. The van der Waals surface area contributed by atoms with E-state index in [1.165, 1.54) is 17.8 Å². The van der Waals surface area contributed by atoms with E-state index in [1.54, 1.807) is 44.0 Å². The minimum absolute atomic E-state index is 0.135. The summed E-state index contributed by atoms with van der Waals surface area (Å²) in [4.78, 5) is 24.3. The Hall–Kier alpha value is -3.79. The van der Waals surface area contributed by atoms with Gasteiger partial charge < -0.3 is 24.7 Å². The van der Waals surface area contributed by atoms with Crippen molar-refractivity contribution < 1.29 is 19.1 Å². The fourth-order valence-corrected chi connectivity index (χ4v) is 3.56. The van der Waals surface area contributed by atoms with Gasteiger partial charge in [0, 0.05) is 18.8 Å². The summed E-state index contributed by atoms with van der Waals surface area (Å²) in [5.74, 6) is 1.57. The smallest absolute Gasteiger partial charge is 0.244 e. The van der Waals surface area contributed by atoms with Gasteiger partial charge >= 0.3 is 0 Å². The monoisotopic (exact) mass is 467 g/mol. The zero-order valence-electron chi connectivity index (χ0n) is 18.6. The quantitative estimate of drug-likeness (QED) is 0.349. The molecule has 3 aromatic rings. The van der Waals surface area contributed by atoms with E-state index in [-0.39, 0.29) is 24.1 Å². The number of hydrogen-bond donors (Lipinski definition) is 2. The van der Waals surface area contributed by atoms with Crippen LogP contribution in [0.5, 0.6) is 11.5 Å². The maximum absolute atomic E-state index is 12.2. The van der Waals surface area contributed by atoms with E-state index in [1.807, 2.05) is 36.4 Å². The van der Waals surface area contributed by atoms with Crippen molar-refractivity contribution in [2.24, 2.45) is 7.05 Å². The van der Waals surface area contributed by atoms with Crippen LogP contribution in [0.15, 0.2) is 59.8 Å². The molecule has 3 rings (SSSR count). The minimum atomic E-state index is -0.274. The van der Waals surface area contributed by atoms with E-state index in [4.69, 9.17) is 9.47 Å². The highest BCUT2D eigenvalue weighted by Gasteiger charge is 2.12. The van der Waals surface area contributed by atoms with Crippen LogP contribution in [0.4, 0.5) is 5.69 Å². The zero-order chi connectivity index (χ0) is 23.6. The van der Waals surface area contributed by atoms with Gasteiger partial charge in [0.15, 0.2) is 22.5 Å². The average Bonchev–Trinajstić information content (AvgIpc) is 3.19. The number of anilines is 1. The van der Waals surface area contributed by atoms with Crippen LogP contribution in [-0.2, 0) is 23.2 Å². The second-order valence-electron chi connectivity index (χ2n) is 6.83. The predicted octanol–water partition coefficient (Wildman–Crippen LogP) is 2.89. The van der Waals surface area contributed by atoms with E-state index in [0.29, 0.717) is 22.5 Å². The van der Waals surface area contributed by atoms with Crippen molar-refractivity contribution in [1.29, 1.82) is 0 Å². The molecule has 1 aromatic heterocycles. The Kier molecular flexibility index (Phi) is 8.48. The Morgan fingerprint density at radius 2 is 1.82 bits per heavy atom. The van der Waals surface area contributed by atoms with Gasteiger partial charge in [-0.15, -0.1) is 10.2 Å². The van der Waals surface area contributed by atoms with Crippen LogP contribution in [0.25, 0.3) is 6.08 Å². The summed E-state index contributed by atoms with van der Waals surface area (Å²) in [5, 5.41) is 14.4. The fraction of sp³-hybridized carbons (Fsp3) is 0.217. The molecule has 0 saturated carbocycles. The molecule has 0 radical (unpaired) electrons. The SMILES string of the molecule is COc1ccc(/C=C/C(=O)NCc2nnc(SCC(=O)Nc3ccccc3)n2C)cc1OC. The first-order valence-corrected chi connectivity index (χ1v) is 11.0. The van der Waals surface area contributed by atoms with Gasteiger partial charge in [0.25, 0.3) is 0 Å². The summed E-state index contributed by atoms with van der Waals surface area (Å²) in [6.07, 6.45) is 3.11. The van der Waals surface area contributed by atoms with Gasteiger partial charge in [-0.2, -0.15) is 0 Å². The van der Waals surface area contributed by atoms with E-state index in [9.17, 15) is 9.59 Å². The lowest BCUT2D eigenvalue weighted by atomic mass is 10.2. The van der Waals surface area contributed by atoms with Crippen LogP contribution in [0.2, 0.25) is 0 Å². The molecule has 2 N–H and O–H groups in total. The van der Waals surface area contributed by atoms with Gasteiger partial charge in [0.05, 0.1) is 26.5 Å². The molecule has 0 saturated heterocycles. The van der Waals surface area contributed by atoms with Gasteiger partial charge in [-0.1, -0.05) is 36.0 Å². The number of aromatic nitrogens is 3. The largest absolute Gasteiger partial charge is 0.493 e. The Morgan fingerprint density at radius 3 is 2.55 bits per heavy atom. The number of nitrogens with one attached hydrogen (secondary N) is 2. The predicted molar refractivity (Wildman–Crippen MR) is 127 cm³/mol. The third-order valence-electron chi connectivity index (χ3n) is 4.57. The van der Waals surface area contributed by atoms with Gasteiger partial charge in [-0.25, -0.2) is 0 Å². The second kappa shape index (κ2) is 11.7. The highest BCUT2D eigenvalue weighted by Crippen LogP contribution is 2.27. The minimum Gasteiger partial charge on any atom is -0.493 e. The number of ether oxygens (including phenoxy) is 2. The molecule has 9 nitrogen and oxygen atoms in total. The molecule has 0 bridgehead atoms. The molecular formula is C23H25N5O4S. The Labute approximate surface area is 196 Å². The van der Waals surface area contributed by atoms with Crippen molar-refractivity contribution >= 4 is 35.3 Å². The first-order chi connectivity index (χ1) is 16.0. The number of para-hydroxylation sites is 1. The topological polar surface area (TPSA) is 107 Å². The number of methoxy groups -OCH3 is 2. The molecule has 2 amide bonds. The average molecular weight is 468 g/mol. The Morgan fingerprint density at radius 1 is 1.06 bits per heavy atom. The molecule has 0 aliphatic heterocycles. The summed E-state index contributed by atoms with van der Waals surface area (Å²) < 4.78 is 12.2. The van der Waals surface area contributed by atoms with Crippen LogP contribution in [0.3, 0.4) is 0 Å². The summed E-state index contributed by atoms with van der Waals surface area (Å²) >= 11 is 1.27. The maximum Gasteiger partial charge on any atom is 0.244 e. The number of thioether (sulfide) groups is 1. The van der Waals surface area contributed by atoms with E-state index in [0.717, 1.165) is 11.3 Å². The van der Waals surface area contributed by atoms with Crippen LogP contribution in [0, 0.1) is 0 Å². The lowest BCUT2D eigenvalue weighted by Crippen LogP contribution is -2.22. The standard InChI is InChI=1S/C23H25N5O4S/c1-28-20(26-27-23(28)33-15-22(30)25-17-7-5-4-6-8-17)14-24-21(29)12-10-16-9-11-18(31-2)19(13-16)32-3/h4-13H,14-15H2,1-3H3,(H,24,29)(H,25,30)/b12-10+. The van der Waals surface area contributed by atoms with Crippen molar-refractivity contribution in [3.8, 4) is 11.5 Å². The number of amides is 2. The molecule has 0 aliphatic carbocycles. The first kappa shape index (κ1) is 23.9. The number of carbonyl (C=O) groups is 2. The van der Waals surface area contributed by atoms with Gasteiger partial charge in [-0.05, 0) is 35.9 Å². The normalized spacial score (nSPS) is 10.8. The van der Waals surface area contributed by atoms with Crippen molar-refractivity contribution in [1.82, 2.24) is 20.1 Å². The van der Waals surface area contributed by atoms with Crippen molar-refractivity contribution in [2.45, 2.75) is 11.7 Å². The third-order valence-corrected chi connectivity index (χ3v) is 5.59. The number of benzene rings is 2. The fourth-order valence-electron chi connectivity index (χ4n) is 2.83. The first-order valence-electron chi connectivity index (χ1n) is 10.0. The molecule has 1 heterocycles. The molecule has 0 aliphatic rings. The molecule has 33 heavy (non-hydrogen) atoms. The molecule has 10 heteroatoms. The van der Waals surface area contributed by atoms with Crippen LogP contribution < -0.4 is 20.1 Å². The Bertz CT molecular complexity index is 1130. The van der Waals surface area contributed by atoms with Crippen LogP contribution in [-0.4, -0.2) is 46.6 Å². The summed E-state index contributed by atoms with van der Waals surface area (Å²) in [6.45, 7) is 0.204. The second-order valence-corrected chi connectivity index (χ2v) is 7.77. The highest BCUT2D eigenvalue weighted by molar-refractivity contribution is 7.99. The van der Waals surface area contributed by atoms with Crippen LogP contribution in [0.1, 0.15) is 11.4 Å². The lowest BCUT2D eigenvalue weighted by molar-refractivity contribution is -0.116. The van der Waals surface area contributed by atoms with Crippen molar-refractivity contribution in [3.63, 3.8) is 0 Å². The van der Waals surface area contributed by atoms with Crippen molar-refractivity contribution in [3.05, 3.63) is 66.0 Å².